The quantitative estimate of drug-likeness (QED) is 0.659. The average molecular weight is 262 g/mol. The fourth-order valence-corrected chi connectivity index (χ4v) is 1.97. The van der Waals surface area contributed by atoms with Crippen molar-refractivity contribution in [3.05, 3.63) is 52.5 Å². The van der Waals surface area contributed by atoms with E-state index in [1.807, 2.05) is 17.5 Å². The van der Waals surface area contributed by atoms with E-state index in [9.17, 15) is 9.18 Å². The number of hydrogen-bond acceptors (Lipinski definition) is 3. The number of carbonyl (C=O) groups excluding carboxylic acids is 1. The van der Waals surface area contributed by atoms with E-state index in [0.717, 1.165) is 4.88 Å². The van der Waals surface area contributed by atoms with Gasteiger partial charge in [0, 0.05) is 16.6 Å². The summed E-state index contributed by atoms with van der Waals surface area (Å²) in [5.41, 5.74) is 5.88. The molecule has 0 unspecified atom stereocenters. The molecule has 5 heteroatoms. The summed E-state index contributed by atoms with van der Waals surface area (Å²) in [5, 5.41) is 4.53. The number of nitrogen functional groups attached to an aromatic ring is 1. The Morgan fingerprint density at radius 1 is 1.39 bits per heavy atom. The number of halogens is 1. The van der Waals surface area contributed by atoms with E-state index in [1.54, 1.807) is 6.08 Å². The molecule has 0 saturated carbocycles. The van der Waals surface area contributed by atoms with Crippen LogP contribution in [0.5, 0.6) is 0 Å². The molecule has 1 aromatic heterocycles. The van der Waals surface area contributed by atoms with E-state index < -0.39 is 5.82 Å². The molecular weight excluding hydrogens is 251 g/mol. The van der Waals surface area contributed by atoms with Crippen LogP contribution in [0.15, 0.2) is 41.8 Å². The van der Waals surface area contributed by atoms with Crippen LogP contribution in [-0.4, -0.2) is 5.91 Å². The third kappa shape index (κ3) is 3.18. The number of carbonyl (C=O) groups is 1. The third-order valence-corrected chi connectivity index (χ3v) is 3.04. The van der Waals surface area contributed by atoms with Gasteiger partial charge in [0.25, 0.3) is 0 Å². The molecule has 2 aromatic rings. The zero-order valence-electron chi connectivity index (χ0n) is 9.39. The lowest BCUT2D eigenvalue weighted by molar-refractivity contribution is -0.111. The second-order valence-corrected chi connectivity index (χ2v) is 4.55. The van der Waals surface area contributed by atoms with Crippen LogP contribution in [0.1, 0.15) is 4.88 Å². The van der Waals surface area contributed by atoms with Gasteiger partial charge in [0.2, 0.25) is 5.91 Å². The first-order valence-electron chi connectivity index (χ1n) is 5.23. The summed E-state index contributed by atoms with van der Waals surface area (Å²) in [5.74, 6) is -0.781. The van der Waals surface area contributed by atoms with Gasteiger partial charge in [-0.15, -0.1) is 11.3 Å². The number of benzene rings is 1. The highest BCUT2D eigenvalue weighted by Crippen LogP contribution is 2.16. The molecule has 0 saturated heterocycles. The molecule has 18 heavy (non-hydrogen) atoms. The van der Waals surface area contributed by atoms with E-state index in [-0.39, 0.29) is 11.6 Å². The van der Waals surface area contributed by atoms with E-state index >= 15 is 0 Å². The molecule has 0 bridgehead atoms. The summed E-state index contributed by atoms with van der Waals surface area (Å²) in [7, 11) is 0. The summed E-state index contributed by atoms with van der Waals surface area (Å²) < 4.78 is 12.9. The topological polar surface area (TPSA) is 55.1 Å². The van der Waals surface area contributed by atoms with Gasteiger partial charge in [0.15, 0.2) is 0 Å². The van der Waals surface area contributed by atoms with Gasteiger partial charge in [-0.2, -0.15) is 0 Å². The number of nitrogens with one attached hydrogen (secondary N) is 1. The second kappa shape index (κ2) is 5.46. The summed E-state index contributed by atoms with van der Waals surface area (Å²) in [6.07, 6.45) is 3.14. The Bertz CT molecular complexity index is 579. The first-order chi connectivity index (χ1) is 8.65. The van der Waals surface area contributed by atoms with Gasteiger partial charge in [0.05, 0.1) is 5.69 Å². The standard InChI is InChI=1S/C13H11FN2OS/c14-11-5-3-9(8-12(11)15)16-13(17)6-4-10-2-1-7-18-10/h1-8H,15H2,(H,16,17). The van der Waals surface area contributed by atoms with Gasteiger partial charge in [-0.1, -0.05) is 6.07 Å². The molecule has 0 atom stereocenters. The minimum atomic E-state index is -0.498. The summed E-state index contributed by atoms with van der Waals surface area (Å²) in [4.78, 5) is 12.6. The number of hydrogen-bond donors (Lipinski definition) is 2. The van der Waals surface area contributed by atoms with Crippen LogP contribution >= 0.6 is 11.3 Å². The van der Waals surface area contributed by atoms with Gasteiger partial charge in [-0.3, -0.25) is 4.79 Å². The smallest absolute Gasteiger partial charge is 0.248 e. The fraction of sp³-hybridized carbons (Fsp3) is 0. The lowest BCUT2D eigenvalue weighted by Crippen LogP contribution is -2.08. The van der Waals surface area contributed by atoms with Crippen molar-refractivity contribution in [2.45, 2.75) is 0 Å². The maximum atomic E-state index is 12.9. The molecule has 92 valence electrons. The Morgan fingerprint density at radius 3 is 2.89 bits per heavy atom. The first-order valence-corrected chi connectivity index (χ1v) is 6.11. The maximum Gasteiger partial charge on any atom is 0.248 e. The predicted octanol–water partition coefficient (Wildman–Crippen LogP) is 3.12. The normalized spacial score (nSPS) is 10.7. The lowest BCUT2D eigenvalue weighted by Gasteiger charge is -2.03. The molecule has 0 radical (unpaired) electrons. The van der Waals surface area contributed by atoms with Crippen molar-refractivity contribution in [3.63, 3.8) is 0 Å². The van der Waals surface area contributed by atoms with Crippen LogP contribution in [-0.2, 0) is 4.79 Å². The Hall–Kier alpha value is -2.14. The average Bonchev–Trinajstić information content (AvgIpc) is 2.84. The number of rotatable bonds is 3. The Labute approximate surface area is 108 Å². The van der Waals surface area contributed by atoms with E-state index in [2.05, 4.69) is 5.32 Å². The van der Waals surface area contributed by atoms with Gasteiger partial charge < -0.3 is 11.1 Å². The van der Waals surface area contributed by atoms with Crippen molar-refractivity contribution in [1.82, 2.24) is 0 Å². The highest BCUT2D eigenvalue weighted by atomic mass is 32.1. The molecular formula is C13H11FN2OS. The Balaban J connectivity index is 2.01. The molecule has 1 heterocycles. The van der Waals surface area contributed by atoms with Crippen LogP contribution in [0, 0.1) is 5.82 Å². The Kier molecular flexibility index (Phi) is 3.74. The molecule has 0 fully saturated rings. The fourth-order valence-electron chi connectivity index (χ4n) is 1.35. The van der Waals surface area contributed by atoms with Crippen LogP contribution in [0.2, 0.25) is 0 Å². The predicted molar refractivity (Wildman–Crippen MR) is 72.8 cm³/mol. The molecule has 3 nitrogen and oxygen atoms in total. The zero-order valence-corrected chi connectivity index (χ0v) is 10.2. The molecule has 1 amide bonds. The number of nitrogens with two attached hydrogens (primary N) is 1. The number of amides is 1. The molecule has 2 rings (SSSR count). The second-order valence-electron chi connectivity index (χ2n) is 3.57. The van der Waals surface area contributed by atoms with Crippen molar-refractivity contribution >= 4 is 34.7 Å². The summed E-state index contributed by atoms with van der Waals surface area (Å²) >= 11 is 1.54. The molecule has 0 spiro atoms. The Morgan fingerprint density at radius 2 is 2.22 bits per heavy atom. The van der Waals surface area contributed by atoms with Gasteiger partial charge in [-0.05, 0) is 35.7 Å². The van der Waals surface area contributed by atoms with Crippen molar-refractivity contribution in [2.75, 3.05) is 11.1 Å². The van der Waals surface area contributed by atoms with E-state index in [4.69, 9.17) is 5.73 Å². The SMILES string of the molecule is Nc1cc(NC(=O)C=Cc2cccs2)ccc1F. The van der Waals surface area contributed by atoms with Crippen LogP contribution < -0.4 is 11.1 Å². The number of anilines is 2. The molecule has 1 aromatic carbocycles. The van der Waals surface area contributed by atoms with Crippen molar-refractivity contribution in [2.24, 2.45) is 0 Å². The van der Waals surface area contributed by atoms with E-state index in [0.29, 0.717) is 5.69 Å². The van der Waals surface area contributed by atoms with Gasteiger partial charge in [-0.25, -0.2) is 4.39 Å². The van der Waals surface area contributed by atoms with Gasteiger partial charge in [0.1, 0.15) is 5.82 Å². The molecule has 3 N–H and O–H groups in total. The highest BCUT2D eigenvalue weighted by molar-refractivity contribution is 7.10. The minimum absolute atomic E-state index is 0.00929. The zero-order chi connectivity index (χ0) is 13.0. The maximum absolute atomic E-state index is 12.9. The van der Waals surface area contributed by atoms with Crippen LogP contribution in [0.3, 0.4) is 0 Å². The highest BCUT2D eigenvalue weighted by Gasteiger charge is 2.02. The van der Waals surface area contributed by atoms with Crippen molar-refractivity contribution in [1.29, 1.82) is 0 Å². The molecule has 0 aliphatic heterocycles. The molecule has 0 aliphatic rings. The lowest BCUT2D eigenvalue weighted by atomic mass is 10.2. The third-order valence-electron chi connectivity index (χ3n) is 2.21. The first kappa shape index (κ1) is 12.3. The van der Waals surface area contributed by atoms with Crippen molar-refractivity contribution < 1.29 is 9.18 Å². The minimum Gasteiger partial charge on any atom is -0.396 e. The van der Waals surface area contributed by atoms with E-state index in [1.165, 1.54) is 35.6 Å². The molecule has 0 aliphatic carbocycles. The van der Waals surface area contributed by atoms with Crippen LogP contribution in [0.4, 0.5) is 15.8 Å². The summed E-state index contributed by atoms with van der Waals surface area (Å²) in [6, 6.07) is 7.87. The van der Waals surface area contributed by atoms with Crippen molar-refractivity contribution in [3.8, 4) is 0 Å². The van der Waals surface area contributed by atoms with Crippen LogP contribution in [0.25, 0.3) is 6.08 Å². The largest absolute Gasteiger partial charge is 0.396 e. The number of thiophene rings is 1. The monoisotopic (exact) mass is 262 g/mol. The van der Waals surface area contributed by atoms with Gasteiger partial charge >= 0.3 is 0 Å². The summed E-state index contributed by atoms with van der Waals surface area (Å²) in [6.45, 7) is 0.